The van der Waals surface area contributed by atoms with Crippen LogP contribution in [0, 0.1) is 17.8 Å². The van der Waals surface area contributed by atoms with Gasteiger partial charge in [-0.2, -0.15) is 0 Å². The third-order valence-corrected chi connectivity index (χ3v) is 4.54. The van der Waals surface area contributed by atoms with E-state index >= 15 is 0 Å². The van der Waals surface area contributed by atoms with Crippen LogP contribution in [-0.2, 0) is 0 Å². The Bertz CT molecular complexity index is 209. The van der Waals surface area contributed by atoms with E-state index in [-0.39, 0.29) is 0 Å². The highest BCUT2D eigenvalue weighted by atomic mass is 15.2. The maximum Gasteiger partial charge on any atom is 0.0224 e. The van der Waals surface area contributed by atoms with E-state index in [1.54, 1.807) is 0 Å². The second-order valence-electron chi connectivity index (χ2n) is 5.89. The van der Waals surface area contributed by atoms with Gasteiger partial charge in [-0.3, -0.25) is 0 Å². The normalized spacial score (nSPS) is 35.6. The first-order valence-electron chi connectivity index (χ1n) is 6.86. The number of nitrogens with two attached hydrogens (primary N) is 1. The molecule has 3 heteroatoms. The van der Waals surface area contributed by atoms with Crippen LogP contribution in [0.25, 0.3) is 0 Å². The molecule has 3 aliphatic rings. The summed E-state index contributed by atoms with van der Waals surface area (Å²) in [5.74, 6) is 2.25. The Morgan fingerprint density at radius 1 is 1.31 bits per heavy atom. The van der Waals surface area contributed by atoms with Crippen molar-refractivity contribution < 1.29 is 0 Å². The van der Waals surface area contributed by atoms with Gasteiger partial charge in [0.2, 0.25) is 0 Å². The minimum atomic E-state index is 0.635. The second kappa shape index (κ2) is 5.48. The van der Waals surface area contributed by atoms with Crippen molar-refractivity contribution in [1.29, 1.82) is 0 Å². The Labute approximate surface area is 99.8 Å². The standard InChI is InChI=1S/C13H27N3/c1-10(2)12(7-14)8-15-13-9-16-5-3-11(13)4-6-16/h10-13,15H,3-9,14H2,1-2H3. The largest absolute Gasteiger partial charge is 0.330 e. The molecule has 3 heterocycles. The van der Waals surface area contributed by atoms with Gasteiger partial charge in [0.05, 0.1) is 0 Å². The van der Waals surface area contributed by atoms with Crippen LogP contribution in [0.5, 0.6) is 0 Å². The number of rotatable bonds is 5. The van der Waals surface area contributed by atoms with E-state index in [1.165, 1.54) is 32.5 Å². The summed E-state index contributed by atoms with van der Waals surface area (Å²) >= 11 is 0. The monoisotopic (exact) mass is 225 g/mol. The summed E-state index contributed by atoms with van der Waals surface area (Å²) in [5.41, 5.74) is 5.81. The van der Waals surface area contributed by atoms with E-state index in [0.717, 1.165) is 25.0 Å². The van der Waals surface area contributed by atoms with Gasteiger partial charge in [0.25, 0.3) is 0 Å². The van der Waals surface area contributed by atoms with Crippen LogP contribution in [0.2, 0.25) is 0 Å². The molecule has 2 bridgehead atoms. The zero-order valence-electron chi connectivity index (χ0n) is 10.8. The number of piperidine rings is 3. The van der Waals surface area contributed by atoms with E-state index in [4.69, 9.17) is 5.73 Å². The van der Waals surface area contributed by atoms with Gasteiger partial charge in [-0.1, -0.05) is 13.8 Å². The summed E-state index contributed by atoms with van der Waals surface area (Å²) in [6, 6.07) is 0.732. The molecule has 16 heavy (non-hydrogen) atoms. The highest BCUT2D eigenvalue weighted by Crippen LogP contribution is 2.27. The molecule has 0 aromatic heterocycles. The molecule has 0 amide bonds. The quantitative estimate of drug-likeness (QED) is 0.730. The third kappa shape index (κ3) is 2.76. The maximum absolute atomic E-state index is 5.81. The van der Waals surface area contributed by atoms with Crippen LogP contribution in [0.1, 0.15) is 26.7 Å². The highest BCUT2D eigenvalue weighted by molar-refractivity contribution is 4.91. The van der Waals surface area contributed by atoms with Gasteiger partial charge in [-0.05, 0) is 56.8 Å². The van der Waals surface area contributed by atoms with Gasteiger partial charge in [0.1, 0.15) is 0 Å². The fourth-order valence-electron chi connectivity index (χ4n) is 3.09. The van der Waals surface area contributed by atoms with Gasteiger partial charge in [0, 0.05) is 12.6 Å². The molecule has 3 N–H and O–H groups in total. The second-order valence-corrected chi connectivity index (χ2v) is 5.89. The van der Waals surface area contributed by atoms with E-state index in [9.17, 15) is 0 Å². The van der Waals surface area contributed by atoms with Crippen LogP contribution in [0.3, 0.4) is 0 Å². The van der Waals surface area contributed by atoms with Gasteiger partial charge < -0.3 is 16.0 Å². The number of fused-ring (bicyclic) bond motifs is 3. The predicted octanol–water partition coefficient (Wildman–Crippen LogP) is 0.901. The average Bonchev–Trinajstić information content (AvgIpc) is 2.31. The lowest BCUT2D eigenvalue weighted by Gasteiger charge is -2.45. The summed E-state index contributed by atoms with van der Waals surface area (Å²) < 4.78 is 0. The molecule has 0 aliphatic carbocycles. The molecule has 94 valence electrons. The topological polar surface area (TPSA) is 41.3 Å². The first-order chi connectivity index (χ1) is 7.70. The van der Waals surface area contributed by atoms with Crippen LogP contribution >= 0.6 is 0 Å². The third-order valence-electron chi connectivity index (χ3n) is 4.54. The number of hydrogen-bond donors (Lipinski definition) is 2. The van der Waals surface area contributed by atoms with Crippen molar-refractivity contribution in [2.24, 2.45) is 23.5 Å². The molecular formula is C13H27N3. The smallest absolute Gasteiger partial charge is 0.0224 e. The van der Waals surface area contributed by atoms with Crippen molar-refractivity contribution in [2.75, 3.05) is 32.7 Å². The van der Waals surface area contributed by atoms with Crippen LogP contribution < -0.4 is 11.1 Å². The van der Waals surface area contributed by atoms with Crippen LogP contribution in [0.15, 0.2) is 0 Å². The predicted molar refractivity (Wildman–Crippen MR) is 68.3 cm³/mol. The summed E-state index contributed by atoms with van der Waals surface area (Å²) in [7, 11) is 0. The lowest BCUT2D eigenvalue weighted by Crippen LogP contribution is -2.57. The number of nitrogens with zero attached hydrogens (tertiary/aromatic N) is 1. The number of hydrogen-bond acceptors (Lipinski definition) is 3. The van der Waals surface area contributed by atoms with E-state index in [0.29, 0.717) is 11.8 Å². The van der Waals surface area contributed by atoms with Crippen molar-refractivity contribution in [3.8, 4) is 0 Å². The Hall–Kier alpha value is -0.120. The zero-order valence-corrected chi connectivity index (χ0v) is 10.8. The minimum absolute atomic E-state index is 0.635. The van der Waals surface area contributed by atoms with E-state index in [1.807, 2.05) is 0 Å². The van der Waals surface area contributed by atoms with Crippen molar-refractivity contribution >= 4 is 0 Å². The molecule has 3 aliphatic heterocycles. The average molecular weight is 225 g/mol. The number of nitrogens with one attached hydrogen (secondary N) is 1. The fourth-order valence-corrected chi connectivity index (χ4v) is 3.09. The Morgan fingerprint density at radius 3 is 2.44 bits per heavy atom. The van der Waals surface area contributed by atoms with Gasteiger partial charge >= 0.3 is 0 Å². The Morgan fingerprint density at radius 2 is 2.00 bits per heavy atom. The van der Waals surface area contributed by atoms with Crippen LogP contribution in [-0.4, -0.2) is 43.7 Å². The molecule has 3 saturated heterocycles. The summed E-state index contributed by atoms with van der Waals surface area (Å²) in [4.78, 5) is 2.60. The fraction of sp³-hybridized carbons (Fsp3) is 1.00. The highest BCUT2D eigenvalue weighted by Gasteiger charge is 2.33. The van der Waals surface area contributed by atoms with Crippen molar-refractivity contribution in [3.05, 3.63) is 0 Å². The molecule has 0 radical (unpaired) electrons. The lowest BCUT2D eigenvalue weighted by atomic mass is 9.83. The van der Waals surface area contributed by atoms with Gasteiger partial charge in [0.15, 0.2) is 0 Å². The van der Waals surface area contributed by atoms with Gasteiger partial charge in [-0.15, -0.1) is 0 Å². The molecule has 3 nitrogen and oxygen atoms in total. The van der Waals surface area contributed by atoms with Crippen molar-refractivity contribution in [1.82, 2.24) is 10.2 Å². The molecular weight excluding hydrogens is 198 g/mol. The van der Waals surface area contributed by atoms with E-state index < -0.39 is 0 Å². The Balaban J connectivity index is 1.77. The summed E-state index contributed by atoms with van der Waals surface area (Å²) in [5, 5.41) is 3.76. The molecule has 3 rings (SSSR count). The van der Waals surface area contributed by atoms with Crippen molar-refractivity contribution in [2.45, 2.75) is 32.7 Å². The zero-order chi connectivity index (χ0) is 11.5. The van der Waals surface area contributed by atoms with Gasteiger partial charge in [-0.25, -0.2) is 0 Å². The molecule has 0 aromatic carbocycles. The van der Waals surface area contributed by atoms with E-state index in [2.05, 4.69) is 24.1 Å². The summed E-state index contributed by atoms with van der Waals surface area (Å²) in [6.07, 6.45) is 2.79. The molecule has 0 saturated carbocycles. The molecule has 0 aromatic rings. The molecule has 0 spiro atoms. The lowest BCUT2D eigenvalue weighted by molar-refractivity contribution is 0.0698. The van der Waals surface area contributed by atoms with Crippen molar-refractivity contribution in [3.63, 3.8) is 0 Å². The first kappa shape index (κ1) is 12.3. The molecule has 2 atom stereocenters. The molecule has 3 fully saturated rings. The first-order valence-corrected chi connectivity index (χ1v) is 6.86. The minimum Gasteiger partial charge on any atom is -0.330 e. The van der Waals surface area contributed by atoms with Crippen LogP contribution in [0.4, 0.5) is 0 Å². The maximum atomic E-state index is 5.81. The Kier molecular flexibility index (Phi) is 4.22. The molecule has 2 unspecified atom stereocenters. The SMILES string of the molecule is CC(C)C(CN)CNC1CN2CCC1CC2. The summed E-state index contributed by atoms with van der Waals surface area (Å²) in [6.45, 7) is 10.4.